The van der Waals surface area contributed by atoms with Crippen LogP contribution in [0, 0.1) is 5.92 Å². The normalized spacial score (nSPS) is 14.5. The highest BCUT2D eigenvalue weighted by molar-refractivity contribution is 8.76. The monoisotopic (exact) mass is 200 g/mol. The predicted molar refractivity (Wildman–Crippen MR) is 50.4 cm³/mol. The molecule has 68 valence electrons. The van der Waals surface area contributed by atoms with Crippen LogP contribution in [0.3, 0.4) is 0 Å². The molecule has 0 rings (SSSR count). The van der Waals surface area contributed by atoms with Crippen molar-refractivity contribution in [3.63, 3.8) is 0 Å². The van der Waals surface area contributed by atoms with Gasteiger partial charge in [0.05, 0.1) is 5.25 Å². The maximum atomic E-state index is 12.2. The lowest BCUT2D eigenvalue weighted by atomic mass is 10.1. The molecular weight excluding hydrogens is 186 g/mol. The molecule has 0 aromatic carbocycles. The molecule has 0 N–H and O–H groups in total. The van der Waals surface area contributed by atoms with Crippen molar-refractivity contribution in [2.45, 2.75) is 32.4 Å². The first-order valence-corrected chi connectivity index (χ1v) is 6.04. The summed E-state index contributed by atoms with van der Waals surface area (Å²) in [5, 5.41) is -0.514. The second kappa shape index (κ2) is 6.12. The van der Waals surface area contributed by atoms with E-state index >= 15 is 0 Å². The van der Waals surface area contributed by atoms with Crippen LogP contribution in [0.1, 0.15) is 20.8 Å². The van der Waals surface area contributed by atoms with E-state index in [4.69, 9.17) is 0 Å². The Labute approximate surface area is 74.9 Å². The molecule has 0 nitrogen and oxygen atoms in total. The van der Waals surface area contributed by atoms with Crippen LogP contribution in [-0.4, -0.2) is 17.4 Å². The van der Waals surface area contributed by atoms with Crippen molar-refractivity contribution in [2.75, 3.05) is 5.75 Å². The summed E-state index contributed by atoms with van der Waals surface area (Å²) in [5.74, 6) is 0.944. The predicted octanol–water partition coefficient (Wildman–Crippen LogP) is 3.68. The van der Waals surface area contributed by atoms with Gasteiger partial charge in [0.2, 0.25) is 0 Å². The number of hydrogen-bond acceptors (Lipinski definition) is 2. The van der Waals surface area contributed by atoms with Crippen LogP contribution >= 0.6 is 21.6 Å². The largest absolute Gasteiger partial charge is 0.251 e. The first-order valence-electron chi connectivity index (χ1n) is 3.66. The van der Waals surface area contributed by atoms with Gasteiger partial charge in [-0.25, -0.2) is 8.78 Å². The first-order chi connectivity index (χ1) is 5.09. The second-order valence-corrected chi connectivity index (χ2v) is 5.38. The van der Waals surface area contributed by atoms with Crippen LogP contribution < -0.4 is 0 Å². The molecular formula is C7H14F2S2. The van der Waals surface area contributed by atoms with Crippen molar-refractivity contribution in [2.24, 2.45) is 5.92 Å². The summed E-state index contributed by atoms with van der Waals surface area (Å²) in [4.78, 5) is 0. The standard InChI is InChI=1S/C7H14F2S2/c1-4-10-11-6(5(2)3)7(8)9/h5-7H,4H2,1-3H3. The summed E-state index contributed by atoms with van der Waals surface area (Å²) in [6.07, 6.45) is -2.20. The van der Waals surface area contributed by atoms with E-state index < -0.39 is 11.7 Å². The molecule has 0 bridgehead atoms. The van der Waals surface area contributed by atoms with E-state index in [1.165, 1.54) is 21.6 Å². The fourth-order valence-corrected chi connectivity index (χ4v) is 2.99. The molecule has 0 aliphatic rings. The van der Waals surface area contributed by atoms with Crippen LogP contribution in [-0.2, 0) is 0 Å². The van der Waals surface area contributed by atoms with E-state index in [1.54, 1.807) is 0 Å². The Morgan fingerprint density at radius 3 is 2.09 bits per heavy atom. The molecule has 0 aromatic heterocycles. The lowest BCUT2D eigenvalue weighted by Crippen LogP contribution is -2.19. The van der Waals surface area contributed by atoms with Crippen LogP contribution in [0.15, 0.2) is 0 Å². The fourth-order valence-electron chi connectivity index (χ4n) is 0.591. The van der Waals surface area contributed by atoms with Gasteiger partial charge in [0.1, 0.15) is 0 Å². The Balaban J connectivity index is 3.70. The van der Waals surface area contributed by atoms with Gasteiger partial charge in [0.15, 0.2) is 0 Å². The third kappa shape index (κ3) is 4.90. The summed E-state index contributed by atoms with van der Waals surface area (Å²) < 4.78 is 24.5. The Kier molecular flexibility index (Phi) is 6.43. The molecule has 0 radical (unpaired) electrons. The second-order valence-electron chi connectivity index (χ2n) is 2.55. The van der Waals surface area contributed by atoms with Crippen molar-refractivity contribution < 1.29 is 8.78 Å². The highest BCUT2D eigenvalue weighted by Gasteiger charge is 2.24. The lowest BCUT2D eigenvalue weighted by Gasteiger charge is -2.17. The topological polar surface area (TPSA) is 0 Å². The highest BCUT2D eigenvalue weighted by atomic mass is 33.1. The minimum Gasteiger partial charge on any atom is -0.209 e. The molecule has 0 amide bonds. The van der Waals surface area contributed by atoms with Crippen LogP contribution in [0.2, 0.25) is 0 Å². The fraction of sp³-hybridized carbons (Fsp3) is 1.00. The summed E-state index contributed by atoms with van der Waals surface area (Å²) in [7, 11) is 2.81. The molecule has 0 spiro atoms. The van der Waals surface area contributed by atoms with Gasteiger partial charge in [-0.2, -0.15) is 0 Å². The minimum absolute atomic E-state index is 0.0547. The average molecular weight is 200 g/mol. The van der Waals surface area contributed by atoms with Gasteiger partial charge >= 0.3 is 0 Å². The number of halogens is 2. The highest BCUT2D eigenvalue weighted by Crippen LogP contribution is 2.34. The molecule has 0 heterocycles. The molecule has 1 atom stereocenters. The summed E-state index contributed by atoms with van der Waals surface area (Å²) in [6, 6.07) is 0. The number of hydrogen-bond donors (Lipinski definition) is 0. The Hall–Kier alpha value is 0.560. The van der Waals surface area contributed by atoms with Crippen LogP contribution in [0.25, 0.3) is 0 Å². The molecule has 0 saturated heterocycles. The molecule has 0 saturated carbocycles. The Morgan fingerprint density at radius 1 is 1.27 bits per heavy atom. The molecule has 0 aliphatic carbocycles. The lowest BCUT2D eigenvalue weighted by molar-refractivity contribution is 0.130. The zero-order valence-corrected chi connectivity index (χ0v) is 8.64. The van der Waals surface area contributed by atoms with Crippen molar-refractivity contribution in [3.05, 3.63) is 0 Å². The maximum absolute atomic E-state index is 12.2. The summed E-state index contributed by atoms with van der Waals surface area (Å²) >= 11 is 0. The molecule has 0 fully saturated rings. The van der Waals surface area contributed by atoms with E-state index in [9.17, 15) is 8.78 Å². The molecule has 0 aromatic rings. The molecule has 4 heteroatoms. The Bertz CT molecular complexity index is 88.4. The van der Waals surface area contributed by atoms with Gasteiger partial charge in [-0.15, -0.1) is 0 Å². The third-order valence-electron chi connectivity index (χ3n) is 1.20. The number of alkyl halides is 2. The van der Waals surface area contributed by atoms with E-state index in [2.05, 4.69) is 0 Å². The average Bonchev–Trinajstić information content (AvgIpc) is 1.87. The van der Waals surface area contributed by atoms with Crippen molar-refractivity contribution in [3.8, 4) is 0 Å². The molecule has 0 aliphatic heterocycles. The minimum atomic E-state index is -2.20. The van der Waals surface area contributed by atoms with Gasteiger partial charge in [0.25, 0.3) is 6.43 Å². The van der Waals surface area contributed by atoms with Gasteiger partial charge in [0, 0.05) is 5.75 Å². The molecule has 1 unspecified atom stereocenters. The zero-order chi connectivity index (χ0) is 8.85. The van der Waals surface area contributed by atoms with Crippen LogP contribution in [0.4, 0.5) is 8.78 Å². The third-order valence-corrected chi connectivity index (χ3v) is 4.33. The van der Waals surface area contributed by atoms with E-state index in [0.29, 0.717) is 0 Å². The summed E-state index contributed by atoms with van der Waals surface area (Å²) in [5.41, 5.74) is 0. The van der Waals surface area contributed by atoms with E-state index in [1.807, 2.05) is 20.8 Å². The van der Waals surface area contributed by atoms with E-state index in [-0.39, 0.29) is 5.92 Å². The number of rotatable bonds is 5. The van der Waals surface area contributed by atoms with Crippen molar-refractivity contribution in [1.29, 1.82) is 0 Å². The smallest absolute Gasteiger partial charge is 0.209 e. The SMILES string of the molecule is CCSSC(C(C)C)C(F)F. The van der Waals surface area contributed by atoms with Crippen LogP contribution in [0.5, 0.6) is 0 Å². The van der Waals surface area contributed by atoms with Gasteiger partial charge < -0.3 is 0 Å². The van der Waals surface area contributed by atoms with Gasteiger partial charge in [-0.1, -0.05) is 42.4 Å². The molecule has 11 heavy (non-hydrogen) atoms. The first kappa shape index (κ1) is 11.6. The van der Waals surface area contributed by atoms with Crippen molar-refractivity contribution in [1.82, 2.24) is 0 Å². The van der Waals surface area contributed by atoms with E-state index in [0.717, 1.165) is 5.75 Å². The summed E-state index contributed by atoms with van der Waals surface area (Å²) in [6.45, 7) is 5.64. The quantitative estimate of drug-likeness (QED) is 0.621. The zero-order valence-electron chi connectivity index (χ0n) is 7.01. The Morgan fingerprint density at radius 2 is 1.82 bits per heavy atom. The maximum Gasteiger partial charge on any atom is 0.251 e. The van der Waals surface area contributed by atoms with Crippen molar-refractivity contribution >= 4 is 21.6 Å². The van der Waals surface area contributed by atoms with Gasteiger partial charge in [-0.3, -0.25) is 0 Å². The van der Waals surface area contributed by atoms with Gasteiger partial charge in [-0.05, 0) is 5.92 Å².